The summed E-state index contributed by atoms with van der Waals surface area (Å²) in [6.45, 7) is 1.26. The number of carbonyl (C=O) groups excluding carboxylic acids is 3. The predicted octanol–water partition coefficient (Wildman–Crippen LogP) is 1.28. The third kappa shape index (κ3) is 6.61. The molecule has 0 aliphatic heterocycles. The van der Waals surface area contributed by atoms with E-state index in [1.54, 1.807) is 12.1 Å². The first kappa shape index (κ1) is 18.2. The highest BCUT2D eigenvalue weighted by atomic mass is 16.5. The van der Waals surface area contributed by atoms with Gasteiger partial charge in [-0.25, -0.2) is 0 Å². The van der Waals surface area contributed by atoms with Crippen molar-refractivity contribution < 1.29 is 19.1 Å². The number of rotatable bonds is 8. The number of nitrogens with two attached hydrogens (primary N) is 1. The van der Waals surface area contributed by atoms with Gasteiger partial charge in [0, 0.05) is 18.9 Å². The van der Waals surface area contributed by atoms with Gasteiger partial charge in [0.1, 0.15) is 11.8 Å². The minimum atomic E-state index is -0.807. The van der Waals surface area contributed by atoms with Crippen LogP contribution in [0.15, 0.2) is 24.3 Å². The third-order valence-electron chi connectivity index (χ3n) is 3.04. The monoisotopic (exact) mass is 317 g/mol. The van der Waals surface area contributed by atoms with Gasteiger partial charge in [0.25, 0.3) is 5.91 Å². The summed E-state index contributed by atoms with van der Waals surface area (Å²) in [6, 6.07) is 7.27. The number of hydrogen-bond donors (Lipinski definition) is 2. The zero-order chi connectivity index (χ0) is 17.2. The Hall–Kier alpha value is -2.88. The second kappa shape index (κ2) is 9.20. The highest BCUT2D eigenvalue weighted by molar-refractivity contribution is 5.97. The molecule has 1 rings (SSSR count). The summed E-state index contributed by atoms with van der Waals surface area (Å²) in [7, 11) is 0. The van der Waals surface area contributed by atoms with Crippen LogP contribution in [0.2, 0.25) is 0 Å². The zero-order valence-electron chi connectivity index (χ0n) is 12.9. The molecule has 0 spiro atoms. The fourth-order valence-corrected chi connectivity index (χ4v) is 1.95. The first-order valence-electron chi connectivity index (χ1n) is 7.19. The van der Waals surface area contributed by atoms with Gasteiger partial charge in [0.05, 0.1) is 6.07 Å². The number of nitrogens with one attached hydrogen (secondary N) is 1. The largest absolute Gasteiger partial charge is 0.427 e. The standard InChI is InChI=1S/C16H19N3O4/c1-11(20)23-13-7-5-6-12(10-13)16(22)19-14(15(18)21)8-3-2-4-9-17/h5-7,10,14H,2-4,8H2,1H3,(H2,18,21)(H,19,22)/t14-/m0/s1. The van der Waals surface area contributed by atoms with E-state index in [2.05, 4.69) is 5.32 Å². The van der Waals surface area contributed by atoms with Gasteiger partial charge in [-0.15, -0.1) is 0 Å². The Morgan fingerprint density at radius 3 is 2.70 bits per heavy atom. The molecule has 122 valence electrons. The highest BCUT2D eigenvalue weighted by Crippen LogP contribution is 2.14. The van der Waals surface area contributed by atoms with Crippen LogP contribution >= 0.6 is 0 Å². The van der Waals surface area contributed by atoms with Crippen LogP contribution in [-0.4, -0.2) is 23.8 Å². The molecule has 3 N–H and O–H groups in total. The Kier molecular flexibility index (Phi) is 7.27. The Morgan fingerprint density at radius 1 is 1.35 bits per heavy atom. The first-order valence-corrected chi connectivity index (χ1v) is 7.19. The number of benzene rings is 1. The summed E-state index contributed by atoms with van der Waals surface area (Å²) in [6.07, 6.45) is 2.00. The van der Waals surface area contributed by atoms with E-state index in [9.17, 15) is 14.4 Å². The molecule has 0 radical (unpaired) electrons. The molecular formula is C16H19N3O4. The molecule has 2 amide bonds. The minimum absolute atomic E-state index is 0.245. The molecule has 0 fully saturated rings. The van der Waals surface area contributed by atoms with Crippen molar-refractivity contribution in [1.82, 2.24) is 5.32 Å². The van der Waals surface area contributed by atoms with Crippen LogP contribution in [0.4, 0.5) is 0 Å². The fourth-order valence-electron chi connectivity index (χ4n) is 1.95. The van der Waals surface area contributed by atoms with Gasteiger partial charge in [0.2, 0.25) is 5.91 Å². The van der Waals surface area contributed by atoms with E-state index in [4.69, 9.17) is 15.7 Å². The van der Waals surface area contributed by atoms with Crippen molar-refractivity contribution in [1.29, 1.82) is 5.26 Å². The summed E-state index contributed by atoms with van der Waals surface area (Å²) in [5.41, 5.74) is 5.54. The molecule has 7 nitrogen and oxygen atoms in total. The minimum Gasteiger partial charge on any atom is -0.427 e. The first-order chi connectivity index (χ1) is 10.9. The van der Waals surface area contributed by atoms with Gasteiger partial charge < -0.3 is 15.8 Å². The van der Waals surface area contributed by atoms with E-state index in [0.29, 0.717) is 25.7 Å². The number of amides is 2. The Morgan fingerprint density at radius 2 is 2.09 bits per heavy atom. The summed E-state index contributed by atoms with van der Waals surface area (Å²) < 4.78 is 4.91. The van der Waals surface area contributed by atoms with Crippen molar-refractivity contribution in [3.05, 3.63) is 29.8 Å². The van der Waals surface area contributed by atoms with Gasteiger partial charge in [-0.2, -0.15) is 5.26 Å². The van der Waals surface area contributed by atoms with Gasteiger partial charge >= 0.3 is 5.97 Å². The van der Waals surface area contributed by atoms with Crippen LogP contribution in [-0.2, 0) is 9.59 Å². The fraction of sp³-hybridized carbons (Fsp3) is 0.375. The lowest BCUT2D eigenvalue weighted by atomic mass is 10.1. The SMILES string of the molecule is CC(=O)Oc1cccc(C(=O)N[C@@H](CCCCC#N)C(N)=O)c1. The number of nitrogens with zero attached hydrogens (tertiary/aromatic N) is 1. The number of carbonyl (C=O) groups is 3. The Balaban J connectivity index is 2.69. The second-order valence-corrected chi connectivity index (χ2v) is 4.95. The van der Waals surface area contributed by atoms with Crippen molar-refractivity contribution in [2.45, 2.75) is 38.6 Å². The molecule has 0 saturated carbocycles. The molecule has 0 aliphatic rings. The average molecular weight is 317 g/mol. The van der Waals surface area contributed by atoms with Crippen LogP contribution in [0, 0.1) is 11.3 Å². The van der Waals surface area contributed by atoms with Gasteiger partial charge in [-0.05, 0) is 37.5 Å². The number of esters is 1. The van der Waals surface area contributed by atoms with Crippen molar-refractivity contribution >= 4 is 17.8 Å². The lowest BCUT2D eigenvalue weighted by Crippen LogP contribution is -2.44. The van der Waals surface area contributed by atoms with Crippen molar-refractivity contribution in [2.75, 3.05) is 0 Å². The summed E-state index contributed by atoms with van der Waals surface area (Å²) in [5, 5.41) is 11.0. The van der Waals surface area contributed by atoms with Crippen LogP contribution in [0.25, 0.3) is 0 Å². The molecule has 0 unspecified atom stereocenters. The van der Waals surface area contributed by atoms with Crippen molar-refractivity contribution in [3.63, 3.8) is 0 Å². The van der Waals surface area contributed by atoms with E-state index in [1.165, 1.54) is 19.1 Å². The highest BCUT2D eigenvalue weighted by Gasteiger charge is 2.18. The van der Waals surface area contributed by atoms with Crippen LogP contribution < -0.4 is 15.8 Å². The van der Waals surface area contributed by atoms with Crippen molar-refractivity contribution in [3.8, 4) is 11.8 Å². The molecule has 23 heavy (non-hydrogen) atoms. The molecule has 1 aromatic carbocycles. The topological polar surface area (TPSA) is 122 Å². The van der Waals surface area contributed by atoms with Crippen LogP contribution in [0.5, 0.6) is 5.75 Å². The second-order valence-electron chi connectivity index (χ2n) is 4.95. The van der Waals surface area contributed by atoms with E-state index in [0.717, 1.165) is 0 Å². The number of ether oxygens (including phenoxy) is 1. The molecule has 0 saturated heterocycles. The molecular weight excluding hydrogens is 298 g/mol. The molecule has 0 bridgehead atoms. The van der Waals surface area contributed by atoms with E-state index < -0.39 is 23.8 Å². The maximum Gasteiger partial charge on any atom is 0.308 e. The maximum atomic E-state index is 12.2. The number of unbranched alkanes of at least 4 members (excludes halogenated alkanes) is 2. The smallest absolute Gasteiger partial charge is 0.308 e. The number of nitriles is 1. The lowest BCUT2D eigenvalue weighted by Gasteiger charge is -2.15. The van der Waals surface area contributed by atoms with Crippen LogP contribution in [0.3, 0.4) is 0 Å². The quantitative estimate of drug-likeness (QED) is 0.425. The summed E-state index contributed by atoms with van der Waals surface area (Å²) in [5.74, 6) is -1.36. The molecule has 1 atom stereocenters. The number of hydrogen-bond acceptors (Lipinski definition) is 5. The molecule has 0 aromatic heterocycles. The van der Waals surface area contributed by atoms with Gasteiger partial charge in [0.15, 0.2) is 0 Å². The van der Waals surface area contributed by atoms with Crippen LogP contribution in [0.1, 0.15) is 43.0 Å². The summed E-state index contributed by atoms with van der Waals surface area (Å²) >= 11 is 0. The molecule has 7 heteroatoms. The summed E-state index contributed by atoms with van der Waals surface area (Å²) in [4.78, 5) is 34.5. The Bertz CT molecular complexity index is 622. The molecule has 0 heterocycles. The zero-order valence-corrected chi connectivity index (χ0v) is 12.9. The third-order valence-corrected chi connectivity index (χ3v) is 3.04. The van der Waals surface area contributed by atoms with E-state index in [1.807, 2.05) is 6.07 Å². The van der Waals surface area contributed by atoms with E-state index in [-0.39, 0.29) is 11.3 Å². The molecule has 1 aromatic rings. The average Bonchev–Trinajstić information content (AvgIpc) is 2.49. The van der Waals surface area contributed by atoms with E-state index >= 15 is 0 Å². The van der Waals surface area contributed by atoms with Gasteiger partial charge in [-0.1, -0.05) is 6.07 Å². The van der Waals surface area contributed by atoms with Gasteiger partial charge in [-0.3, -0.25) is 14.4 Å². The molecule has 0 aliphatic carbocycles. The number of primary amides is 1. The normalized spacial score (nSPS) is 11.1. The Labute approximate surface area is 134 Å². The van der Waals surface area contributed by atoms with Crippen molar-refractivity contribution in [2.24, 2.45) is 5.73 Å². The predicted molar refractivity (Wildman–Crippen MR) is 82.3 cm³/mol. The maximum absolute atomic E-state index is 12.2. The lowest BCUT2D eigenvalue weighted by molar-refractivity contribution is -0.131.